The third-order valence-corrected chi connectivity index (χ3v) is 3.64. The SMILES string of the molecule is O=Cc1cc(OC(=O)C2CCC(C=O)CC2)ccc1O. The van der Waals surface area contributed by atoms with Gasteiger partial charge in [0.25, 0.3) is 0 Å². The first-order valence-corrected chi connectivity index (χ1v) is 6.59. The van der Waals surface area contributed by atoms with Crippen molar-refractivity contribution in [2.45, 2.75) is 25.7 Å². The van der Waals surface area contributed by atoms with Gasteiger partial charge in [-0.1, -0.05) is 0 Å². The number of aromatic hydroxyl groups is 1. The van der Waals surface area contributed by atoms with Crippen molar-refractivity contribution in [1.29, 1.82) is 0 Å². The van der Waals surface area contributed by atoms with Crippen LogP contribution in [0.2, 0.25) is 0 Å². The van der Waals surface area contributed by atoms with Gasteiger partial charge in [-0.2, -0.15) is 0 Å². The van der Waals surface area contributed by atoms with Gasteiger partial charge >= 0.3 is 5.97 Å². The van der Waals surface area contributed by atoms with E-state index in [-0.39, 0.29) is 34.9 Å². The second kappa shape index (κ2) is 6.32. The number of hydrogen-bond acceptors (Lipinski definition) is 5. The first kappa shape index (κ1) is 14.2. The lowest BCUT2D eigenvalue weighted by molar-refractivity contribution is -0.140. The Kier molecular flexibility index (Phi) is 4.50. The molecule has 2 rings (SSSR count). The molecule has 0 radical (unpaired) electrons. The number of phenols is 1. The molecule has 1 aliphatic carbocycles. The number of ether oxygens (including phenoxy) is 1. The molecule has 0 aromatic heterocycles. The van der Waals surface area contributed by atoms with Gasteiger partial charge in [-0.3, -0.25) is 9.59 Å². The zero-order chi connectivity index (χ0) is 14.5. The van der Waals surface area contributed by atoms with Gasteiger partial charge < -0.3 is 14.6 Å². The largest absolute Gasteiger partial charge is 0.507 e. The third-order valence-electron chi connectivity index (χ3n) is 3.64. The van der Waals surface area contributed by atoms with Crippen LogP contribution in [0.1, 0.15) is 36.0 Å². The van der Waals surface area contributed by atoms with Crippen LogP contribution < -0.4 is 4.74 Å². The van der Waals surface area contributed by atoms with Crippen LogP contribution in [0.5, 0.6) is 11.5 Å². The van der Waals surface area contributed by atoms with Crippen molar-refractivity contribution < 1.29 is 24.2 Å². The quantitative estimate of drug-likeness (QED) is 0.517. The monoisotopic (exact) mass is 276 g/mol. The lowest BCUT2D eigenvalue weighted by Gasteiger charge is -2.23. The minimum absolute atomic E-state index is 0.0504. The van der Waals surface area contributed by atoms with E-state index in [1.54, 1.807) is 0 Å². The Labute approximate surface area is 116 Å². The smallest absolute Gasteiger partial charge is 0.314 e. The maximum Gasteiger partial charge on any atom is 0.314 e. The van der Waals surface area contributed by atoms with Crippen LogP contribution in [0, 0.1) is 11.8 Å². The van der Waals surface area contributed by atoms with E-state index in [4.69, 9.17) is 4.74 Å². The predicted molar refractivity (Wildman–Crippen MR) is 70.6 cm³/mol. The van der Waals surface area contributed by atoms with Gasteiger partial charge in [-0.15, -0.1) is 0 Å². The maximum atomic E-state index is 12.0. The molecule has 1 fully saturated rings. The molecule has 0 unspecified atom stereocenters. The third kappa shape index (κ3) is 3.23. The van der Waals surface area contributed by atoms with Crippen LogP contribution in [0.15, 0.2) is 18.2 Å². The normalized spacial score (nSPS) is 22.0. The zero-order valence-electron chi connectivity index (χ0n) is 11.0. The summed E-state index contributed by atoms with van der Waals surface area (Å²) >= 11 is 0. The number of esters is 1. The van der Waals surface area contributed by atoms with Gasteiger partial charge in [-0.05, 0) is 43.9 Å². The fourth-order valence-corrected chi connectivity index (χ4v) is 2.38. The fraction of sp³-hybridized carbons (Fsp3) is 0.400. The summed E-state index contributed by atoms with van der Waals surface area (Å²) < 4.78 is 5.22. The van der Waals surface area contributed by atoms with Gasteiger partial charge in [0, 0.05) is 5.92 Å². The van der Waals surface area contributed by atoms with E-state index in [2.05, 4.69) is 0 Å². The van der Waals surface area contributed by atoms with Crippen molar-refractivity contribution in [2.75, 3.05) is 0 Å². The lowest BCUT2D eigenvalue weighted by atomic mass is 9.83. The van der Waals surface area contributed by atoms with Gasteiger partial charge in [-0.25, -0.2) is 0 Å². The minimum atomic E-state index is -0.350. The summed E-state index contributed by atoms with van der Waals surface area (Å²) in [4.78, 5) is 33.3. The molecule has 106 valence electrons. The highest BCUT2D eigenvalue weighted by Gasteiger charge is 2.27. The molecular formula is C15H16O5. The number of carbonyl (C=O) groups excluding carboxylic acids is 3. The van der Waals surface area contributed by atoms with Crippen LogP contribution in [0.3, 0.4) is 0 Å². The van der Waals surface area contributed by atoms with Gasteiger partial charge in [0.1, 0.15) is 17.8 Å². The molecule has 0 aliphatic heterocycles. The Balaban J connectivity index is 1.98. The number of hydrogen-bond donors (Lipinski definition) is 1. The Morgan fingerprint density at radius 2 is 1.90 bits per heavy atom. The van der Waals surface area contributed by atoms with Crippen molar-refractivity contribution in [3.8, 4) is 11.5 Å². The number of rotatable bonds is 4. The first-order valence-electron chi connectivity index (χ1n) is 6.59. The van der Waals surface area contributed by atoms with Gasteiger partial charge in [0.15, 0.2) is 6.29 Å². The summed E-state index contributed by atoms with van der Waals surface area (Å²) in [6, 6.07) is 4.09. The number of aldehydes is 2. The molecule has 0 saturated heterocycles. The average molecular weight is 276 g/mol. The standard InChI is InChI=1S/C15H16O5/c16-8-10-1-3-11(4-2-10)15(19)20-13-5-6-14(18)12(7-13)9-17/h5-11,18H,1-4H2. The van der Waals surface area contributed by atoms with Crippen molar-refractivity contribution in [3.63, 3.8) is 0 Å². The molecule has 0 atom stereocenters. The minimum Gasteiger partial charge on any atom is -0.507 e. The van der Waals surface area contributed by atoms with Crippen molar-refractivity contribution in [1.82, 2.24) is 0 Å². The van der Waals surface area contributed by atoms with Crippen LogP contribution in [0.25, 0.3) is 0 Å². The summed E-state index contributed by atoms with van der Waals surface area (Å²) in [7, 11) is 0. The van der Waals surface area contributed by atoms with Gasteiger partial charge in [0.05, 0.1) is 11.5 Å². The van der Waals surface area contributed by atoms with E-state index < -0.39 is 0 Å². The summed E-state index contributed by atoms with van der Waals surface area (Å²) in [5, 5.41) is 9.37. The van der Waals surface area contributed by atoms with Crippen LogP contribution >= 0.6 is 0 Å². The molecule has 1 aliphatic rings. The molecule has 1 N–H and O–H groups in total. The molecule has 0 spiro atoms. The second-order valence-corrected chi connectivity index (χ2v) is 5.01. The Bertz CT molecular complexity index is 515. The molecule has 1 saturated carbocycles. The molecule has 20 heavy (non-hydrogen) atoms. The number of carbonyl (C=O) groups is 3. The predicted octanol–water partition coefficient (Wildman–Crippen LogP) is 2.12. The average Bonchev–Trinajstić information content (AvgIpc) is 2.49. The highest BCUT2D eigenvalue weighted by Crippen LogP contribution is 2.29. The number of benzene rings is 1. The molecule has 0 heterocycles. The molecule has 1 aromatic carbocycles. The Morgan fingerprint density at radius 1 is 1.20 bits per heavy atom. The van der Waals surface area contributed by atoms with Crippen molar-refractivity contribution in [3.05, 3.63) is 23.8 Å². The fourth-order valence-electron chi connectivity index (χ4n) is 2.38. The van der Waals surface area contributed by atoms with Gasteiger partial charge in [0.2, 0.25) is 0 Å². The maximum absolute atomic E-state index is 12.0. The van der Waals surface area contributed by atoms with E-state index in [1.165, 1.54) is 18.2 Å². The highest BCUT2D eigenvalue weighted by atomic mass is 16.5. The van der Waals surface area contributed by atoms with E-state index in [0.29, 0.717) is 32.0 Å². The molecular weight excluding hydrogens is 260 g/mol. The molecule has 0 amide bonds. The topological polar surface area (TPSA) is 80.7 Å². The molecule has 1 aromatic rings. The van der Waals surface area contributed by atoms with Crippen LogP contribution in [-0.4, -0.2) is 23.6 Å². The summed E-state index contributed by atoms with van der Waals surface area (Å²) in [6.07, 6.45) is 4.14. The van der Waals surface area contributed by atoms with Crippen LogP contribution in [0.4, 0.5) is 0 Å². The second-order valence-electron chi connectivity index (χ2n) is 5.01. The van der Waals surface area contributed by atoms with E-state index in [1.807, 2.05) is 0 Å². The summed E-state index contributed by atoms with van der Waals surface area (Å²) in [5.41, 5.74) is 0.0833. The zero-order valence-corrected chi connectivity index (χ0v) is 11.0. The van der Waals surface area contributed by atoms with E-state index >= 15 is 0 Å². The van der Waals surface area contributed by atoms with E-state index in [0.717, 1.165) is 6.29 Å². The van der Waals surface area contributed by atoms with E-state index in [9.17, 15) is 19.5 Å². The molecule has 5 heteroatoms. The van der Waals surface area contributed by atoms with Crippen LogP contribution in [-0.2, 0) is 9.59 Å². The number of phenolic OH excluding ortho intramolecular Hbond substituents is 1. The Morgan fingerprint density at radius 3 is 2.50 bits per heavy atom. The lowest BCUT2D eigenvalue weighted by Crippen LogP contribution is -2.26. The summed E-state index contributed by atoms with van der Waals surface area (Å²) in [6.45, 7) is 0. The van der Waals surface area contributed by atoms with Crippen molar-refractivity contribution >= 4 is 18.5 Å². The highest BCUT2D eigenvalue weighted by molar-refractivity contribution is 5.81. The summed E-state index contributed by atoms with van der Waals surface area (Å²) in [5.74, 6) is -0.412. The molecule has 0 bridgehead atoms. The van der Waals surface area contributed by atoms with Crippen molar-refractivity contribution in [2.24, 2.45) is 11.8 Å². The first-order chi connectivity index (χ1) is 9.63. The molecule has 5 nitrogen and oxygen atoms in total. The Hall–Kier alpha value is -2.17.